The molecule has 0 spiro atoms. The van der Waals surface area contributed by atoms with Crippen LogP contribution >= 0.6 is 12.4 Å². The fraction of sp³-hybridized carbons (Fsp3) is 0.588. The Bertz CT molecular complexity index is 650. The monoisotopic (exact) mass is 407 g/mol. The normalized spacial score (nSPS) is 12.5. The van der Waals surface area contributed by atoms with Crippen molar-refractivity contribution in [3.63, 3.8) is 0 Å². The summed E-state index contributed by atoms with van der Waals surface area (Å²) < 4.78 is 31.4. The Labute approximate surface area is 162 Å². The van der Waals surface area contributed by atoms with Crippen LogP contribution in [0.5, 0.6) is 0 Å². The zero-order chi connectivity index (χ0) is 19.0. The molecule has 0 aliphatic heterocycles. The molecule has 0 radical (unpaired) electrons. The van der Waals surface area contributed by atoms with Crippen LogP contribution in [0.4, 0.5) is 0 Å². The summed E-state index contributed by atoms with van der Waals surface area (Å²) in [5.41, 5.74) is 6.44. The van der Waals surface area contributed by atoms with Crippen molar-refractivity contribution < 1.29 is 17.9 Å². The van der Waals surface area contributed by atoms with Gasteiger partial charge in [-0.25, -0.2) is 13.1 Å². The van der Waals surface area contributed by atoms with Crippen LogP contribution in [0.3, 0.4) is 0 Å². The Kier molecular flexibility index (Phi) is 11.0. The number of amides is 1. The number of ether oxygens (including phenoxy) is 1. The molecule has 1 atom stereocenters. The number of hydrogen-bond donors (Lipinski definition) is 2. The zero-order valence-electron chi connectivity index (χ0n) is 15.8. The molecule has 3 N–H and O–H groups in total. The zero-order valence-corrected chi connectivity index (χ0v) is 17.4. The average Bonchev–Trinajstić information content (AvgIpc) is 2.58. The van der Waals surface area contributed by atoms with Crippen LogP contribution in [-0.4, -0.2) is 59.1 Å². The van der Waals surface area contributed by atoms with Gasteiger partial charge in [-0.3, -0.25) is 4.79 Å². The Hall–Kier alpha value is -1.19. The lowest BCUT2D eigenvalue weighted by molar-refractivity contribution is 0.0789. The molecule has 0 bridgehead atoms. The van der Waals surface area contributed by atoms with Crippen LogP contribution in [0.25, 0.3) is 0 Å². The third-order valence-corrected chi connectivity index (χ3v) is 5.49. The number of benzene rings is 1. The molecule has 0 aliphatic carbocycles. The lowest BCUT2D eigenvalue weighted by atomic mass is 10.0. The van der Waals surface area contributed by atoms with Gasteiger partial charge in [0.1, 0.15) is 0 Å². The summed E-state index contributed by atoms with van der Waals surface area (Å²) in [5.74, 6) is 0.200. The molecular weight excluding hydrogens is 378 g/mol. The van der Waals surface area contributed by atoms with Gasteiger partial charge in [-0.15, -0.1) is 12.4 Å². The first-order valence-corrected chi connectivity index (χ1v) is 9.77. The van der Waals surface area contributed by atoms with E-state index in [0.29, 0.717) is 24.6 Å². The maximum Gasteiger partial charge on any atom is 0.253 e. The molecule has 0 aliphatic rings. The van der Waals surface area contributed by atoms with E-state index in [4.69, 9.17) is 10.5 Å². The number of hydrogen-bond acceptors (Lipinski definition) is 5. The predicted octanol–water partition coefficient (Wildman–Crippen LogP) is 1.48. The van der Waals surface area contributed by atoms with Crippen molar-refractivity contribution in [2.24, 2.45) is 11.7 Å². The van der Waals surface area contributed by atoms with Crippen LogP contribution < -0.4 is 10.5 Å². The molecule has 1 unspecified atom stereocenters. The summed E-state index contributed by atoms with van der Waals surface area (Å²) in [6.07, 6.45) is 0.718. The van der Waals surface area contributed by atoms with Gasteiger partial charge in [0.25, 0.3) is 5.91 Å². The van der Waals surface area contributed by atoms with Crippen LogP contribution in [-0.2, 0) is 14.8 Å². The van der Waals surface area contributed by atoms with Gasteiger partial charge in [0.15, 0.2) is 0 Å². The molecule has 0 fully saturated rings. The summed E-state index contributed by atoms with van der Waals surface area (Å²) in [6, 6.07) is 5.94. The maximum absolute atomic E-state index is 12.4. The minimum Gasteiger partial charge on any atom is -0.383 e. The topological polar surface area (TPSA) is 102 Å². The van der Waals surface area contributed by atoms with Gasteiger partial charge in [0, 0.05) is 38.9 Å². The molecule has 0 heterocycles. The number of nitrogens with two attached hydrogens (primary N) is 1. The number of rotatable bonds is 10. The van der Waals surface area contributed by atoms with Gasteiger partial charge in [0.2, 0.25) is 10.0 Å². The highest BCUT2D eigenvalue weighted by Gasteiger charge is 2.17. The van der Waals surface area contributed by atoms with Crippen molar-refractivity contribution in [2.75, 3.05) is 33.9 Å². The summed E-state index contributed by atoms with van der Waals surface area (Å²) in [4.78, 5) is 14.1. The summed E-state index contributed by atoms with van der Waals surface area (Å²) in [6.45, 7) is 5.13. The van der Waals surface area contributed by atoms with Gasteiger partial charge < -0.3 is 15.4 Å². The Morgan fingerprint density at radius 2 is 1.85 bits per heavy atom. The molecule has 26 heavy (non-hydrogen) atoms. The van der Waals surface area contributed by atoms with Crippen molar-refractivity contribution >= 4 is 28.3 Å². The molecule has 9 heteroatoms. The second-order valence-corrected chi connectivity index (χ2v) is 8.11. The molecule has 1 rings (SSSR count). The minimum atomic E-state index is -3.60. The van der Waals surface area contributed by atoms with E-state index in [1.54, 1.807) is 11.9 Å². The van der Waals surface area contributed by atoms with Crippen molar-refractivity contribution in [2.45, 2.75) is 31.2 Å². The molecule has 0 saturated carbocycles. The smallest absolute Gasteiger partial charge is 0.253 e. The van der Waals surface area contributed by atoms with E-state index in [9.17, 15) is 13.2 Å². The summed E-state index contributed by atoms with van der Waals surface area (Å²) in [5, 5.41) is 0. The first-order chi connectivity index (χ1) is 11.7. The Morgan fingerprint density at radius 1 is 1.27 bits per heavy atom. The van der Waals surface area contributed by atoms with Crippen LogP contribution in [0.15, 0.2) is 29.2 Å². The van der Waals surface area contributed by atoms with Gasteiger partial charge in [-0.05, 0) is 36.6 Å². The van der Waals surface area contributed by atoms with E-state index < -0.39 is 10.0 Å². The Balaban J connectivity index is 0.00000625. The molecule has 1 amide bonds. The number of halogens is 1. The van der Waals surface area contributed by atoms with Crippen LogP contribution in [0.2, 0.25) is 0 Å². The summed E-state index contributed by atoms with van der Waals surface area (Å²) >= 11 is 0. The second kappa shape index (κ2) is 11.5. The molecule has 0 saturated heterocycles. The van der Waals surface area contributed by atoms with Crippen LogP contribution in [0.1, 0.15) is 30.6 Å². The highest BCUT2D eigenvalue weighted by Crippen LogP contribution is 2.12. The maximum atomic E-state index is 12.4. The van der Waals surface area contributed by atoms with Crippen molar-refractivity contribution in [1.29, 1.82) is 0 Å². The van der Waals surface area contributed by atoms with Gasteiger partial charge in [-0.1, -0.05) is 13.8 Å². The second-order valence-electron chi connectivity index (χ2n) is 6.34. The lowest BCUT2D eigenvalue weighted by Crippen LogP contribution is -2.34. The molecule has 7 nitrogen and oxygen atoms in total. The lowest BCUT2D eigenvalue weighted by Gasteiger charge is -2.21. The Morgan fingerprint density at radius 3 is 2.35 bits per heavy atom. The van der Waals surface area contributed by atoms with Crippen molar-refractivity contribution in [3.05, 3.63) is 29.8 Å². The van der Waals surface area contributed by atoms with E-state index in [0.717, 1.165) is 6.42 Å². The largest absolute Gasteiger partial charge is 0.383 e. The van der Waals surface area contributed by atoms with E-state index >= 15 is 0 Å². The number of nitrogens with zero attached hydrogens (tertiary/aromatic N) is 1. The third-order valence-electron chi connectivity index (χ3n) is 4.01. The number of sulfonamides is 1. The number of carbonyl (C=O) groups is 1. The van der Waals surface area contributed by atoms with E-state index in [1.165, 1.54) is 31.4 Å². The average molecular weight is 408 g/mol. The minimum absolute atomic E-state index is 0. The van der Waals surface area contributed by atoms with Gasteiger partial charge in [0.05, 0.1) is 11.5 Å². The number of methoxy groups -OCH3 is 1. The fourth-order valence-corrected chi connectivity index (χ4v) is 3.15. The van der Waals surface area contributed by atoms with Crippen LogP contribution in [0, 0.1) is 5.92 Å². The van der Waals surface area contributed by atoms with E-state index in [2.05, 4.69) is 4.72 Å². The first-order valence-electron chi connectivity index (χ1n) is 8.28. The molecular formula is C17H30ClN3O4S. The first kappa shape index (κ1) is 24.8. The highest BCUT2D eigenvalue weighted by molar-refractivity contribution is 7.89. The SMILES string of the molecule is COCCNS(=O)(=O)c1ccc(C(=O)N(C)CCC(N)C(C)C)cc1.Cl. The standard InChI is InChI=1S/C17H29N3O4S.ClH/c1-13(2)16(18)9-11-20(3)17(21)14-5-7-15(8-6-14)25(22,23)19-10-12-24-4;/h5-8,13,16,19H,9-12,18H2,1-4H3;1H. The fourth-order valence-electron chi connectivity index (χ4n) is 2.14. The van der Waals surface area contributed by atoms with E-state index in [1.807, 2.05) is 13.8 Å². The van der Waals surface area contributed by atoms with E-state index in [-0.39, 0.29) is 35.8 Å². The molecule has 1 aromatic rings. The number of carbonyl (C=O) groups excluding carboxylic acids is 1. The number of nitrogens with one attached hydrogen (secondary N) is 1. The third kappa shape index (κ3) is 7.59. The molecule has 0 aromatic heterocycles. The molecule has 150 valence electrons. The predicted molar refractivity (Wildman–Crippen MR) is 105 cm³/mol. The summed E-state index contributed by atoms with van der Waals surface area (Å²) in [7, 11) is -0.384. The van der Waals surface area contributed by atoms with Crippen molar-refractivity contribution in [1.82, 2.24) is 9.62 Å². The quantitative estimate of drug-likeness (QED) is 0.572. The van der Waals surface area contributed by atoms with Gasteiger partial charge >= 0.3 is 0 Å². The highest BCUT2D eigenvalue weighted by atomic mass is 35.5. The van der Waals surface area contributed by atoms with Crippen molar-refractivity contribution in [3.8, 4) is 0 Å². The molecule has 1 aromatic carbocycles. The van der Waals surface area contributed by atoms with Gasteiger partial charge in [-0.2, -0.15) is 0 Å².